The molecule has 272 valence electrons. The zero-order chi connectivity index (χ0) is 36.2. The SMILES string of the molecule is CCCCOCC(F)=C(F)c1cc(F)c(C2CCC(c3ccc(C4CCC(C(F)(F)Oc5cc(F)c(F)c(F)c5)CC4)c(F)c3)CC2)c(F)c1. The molecule has 3 aromatic carbocycles. The monoisotopic (exact) mass is 716 g/mol. The van der Waals surface area contributed by atoms with Crippen molar-refractivity contribution in [1.29, 1.82) is 0 Å². The Morgan fingerprint density at radius 3 is 1.86 bits per heavy atom. The van der Waals surface area contributed by atoms with E-state index in [0.29, 0.717) is 55.4 Å². The largest absolute Gasteiger partial charge is 0.432 e. The number of benzene rings is 3. The van der Waals surface area contributed by atoms with E-state index in [9.17, 15) is 30.7 Å². The van der Waals surface area contributed by atoms with Crippen LogP contribution in [0.1, 0.15) is 111 Å². The smallest absolute Gasteiger partial charge is 0.400 e. The standard InChI is InChI=1S/C38H38F10O2/c1-2-3-14-49-20-34(44)36(45)25-16-30(40)35(31(41)17-25)23-6-4-21(5-7-23)24-10-13-28(29(39)15-24)22-8-11-26(12-9-22)38(47,48)50-27-18-32(42)37(46)33(43)19-27/h10,13,15-19,21-23,26H,2-9,11-12,14,20H2,1H3. The lowest BCUT2D eigenvalue weighted by molar-refractivity contribution is -0.222. The van der Waals surface area contributed by atoms with Gasteiger partial charge in [-0.3, -0.25) is 0 Å². The van der Waals surface area contributed by atoms with Crippen LogP contribution in [0.5, 0.6) is 5.75 Å². The maximum Gasteiger partial charge on any atom is 0.400 e. The van der Waals surface area contributed by atoms with Crippen LogP contribution >= 0.6 is 0 Å². The summed E-state index contributed by atoms with van der Waals surface area (Å²) in [4.78, 5) is 0. The zero-order valence-corrected chi connectivity index (χ0v) is 27.4. The predicted octanol–water partition coefficient (Wildman–Crippen LogP) is 12.3. The summed E-state index contributed by atoms with van der Waals surface area (Å²) in [6, 6.07) is 7.10. The molecule has 3 aromatic rings. The van der Waals surface area contributed by atoms with Gasteiger partial charge in [-0.15, -0.1) is 0 Å². The zero-order valence-electron chi connectivity index (χ0n) is 27.4. The van der Waals surface area contributed by atoms with Gasteiger partial charge in [-0.05, 0) is 105 Å². The highest BCUT2D eigenvalue weighted by atomic mass is 19.3. The van der Waals surface area contributed by atoms with Crippen molar-refractivity contribution in [1.82, 2.24) is 0 Å². The van der Waals surface area contributed by atoms with Gasteiger partial charge in [0.15, 0.2) is 29.1 Å². The summed E-state index contributed by atoms with van der Waals surface area (Å²) in [5, 5.41) is 0. The number of halogens is 10. The van der Waals surface area contributed by atoms with Crippen molar-refractivity contribution in [3.05, 3.63) is 105 Å². The summed E-state index contributed by atoms with van der Waals surface area (Å²) in [6.45, 7) is 1.51. The lowest BCUT2D eigenvalue weighted by atomic mass is 9.74. The summed E-state index contributed by atoms with van der Waals surface area (Å²) in [5.74, 6) is -13.2. The molecule has 0 saturated heterocycles. The predicted molar refractivity (Wildman–Crippen MR) is 168 cm³/mol. The fourth-order valence-corrected chi connectivity index (χ4v) is 7.15. The number of unbranched alkanes of at least 4 members (excludes halogenated alkanes) is 1. The van der Waals surface area contributed by atoms with Crippen molar-refractivity contribution in [3.63, 3.8) is 0 Å². The molecule has 50 heavy (non-hydrogen) atoms. The molecule has 2 fully saturated rings. The lowest BCUT2D eigenvalue weighted by Crippen LogP contribution is -2.37. The highest BCUT2D eigenvalue weighted by Gasteiger charge is 2.44. The number of rotatable bonds is 12. The van der Waals surface area contributed by atoms with E-state index >= 15 is 13.2 Å². The highest BCUT2D eigenvalue weighted by molar-refractivity contribution is 5.62. The molecule has 12 heteroatoms. The molecular weight excluding hydrogens is 678 g/mol. The second-order valence-corrected chi connectivity index (χ2v) is 13.2. The lowest BCUT2D eigenvalue weighted by Gasteiger charge is -2.34. The molecule has 2 aliphatic rings. The van der Waals surface area contributed by atoms with Crippen LogP contribution in [-0.4, -0.2) is 19.3 Å². The van der Waals surface area contributed by atoms with Gasteiger partial charge in [-0.2, -0.15) is 8.78 Å². The van der Waals surface area contributed by atoms with E-state index in [1.54, 1.807) is 12.1 Å². The minimum absolute atomic E-state index is 0.0472. The molecule has 0 amide bonds. The van der Waals surface area contributed by atoms with Crippen LogP contribution in [-0.2, 0) is 4.74 Å². The number of hydrogen-bond donors (Lipinski definition) is 0. The Balaban J connectivity index is 1.16. The molecule has 0 unspecified atom stereocenters. The van der Waals surface area contributed by atoms with E-state index in [1.165, 1.54) is 6.07 Å². The van der Waals surface area contributed by atoms with E-state index in [1.807, 2.05) is 6.92 Å². The Kier molecular flexibility index (Phi) is 12.2. The number of alkyl halides is 2. The average Bonchev–Trinajstić information content (AvgIpc) is 3.08. The quantitative estimate of drug-likeness (QED) is 0.106. The normalized spacial score (nSPS) is 22.0. The van der Waals surface area contributed by atoms with Crippen LogP contribution in [0.3, 0.4) is 0 Å². The summed E-state index contributed by atoms with van der Waals surface area (Å²) in [5.41, 5.74) is 0.350. The molecule has 0 aromatic heterocycles. The molecule has 0 aliphatic heterocycles. The maximum atomic E-state index is 15.4. The Morgan fingerprint density at radius 2 is 1.28 bits per heavy atom. The summed E-state index contributed by atoms with van der Waals surface area (Å²) >= 11 is 0. The van der Waals surface area contributed by atoms with Crippen LogP contribution in [0.4, 0.5) is 43.9 Å². The topological polar surface area (TPSA) is 18.5 Å². The van der Waals surface area contributed by atoms with Crippen molar-refractivity contribution in [2.45, 2.75) is 95.0 Å². The Labute approximate surface area is 284 Å². The van der Waals surface area contributed by atoms with Crippen LogP contribution in [0.15, 0.2) is 48.3 Å². The third-order valence-corrected chi connectivity index (χ3v) is 9.93. The maximum absolute atomic E-state index is 15.4. The molecule has 0 bridgehead atoms. The molecule has 0 heterocycles. The van der Waals surface area contributed by atoms with Gasteiger partial charge < -0.3 is 9.47 Å². The van der Waals surface area contributed by atoms with Crippen molar-refractivity contribution in [3.8, 4) is 5.75 Å². The summed E-state index contributed by atoms with van der Waals surface area (Å²) < 4.78 is 154. The van der Waals surface area contributed by atoms with Crippen molar-refractivity contribution < 1.29 is 53.4 Å². The first-order valence-corrected chi connectivity index (χ1v) is 16.9. The first kappa shape index (κ1) is 37.7. The Hall–Kier alpha value is -3.54. The fraction of sp³-hybridized carbons (Fsp3) is 0.474. The van der Waals surface area contributed by atoms with Gasteiger partial charge in [0.1, 0.15) is 29.8 Å². The molecule has 0 N–H and O–H groups in total. The third-order valence-electron chi connectivity index (χ3n) is 9.93. The molecular formula is C38H38F10O2. The average molecular weight is 717 g/mol. The van der Waals surface area contributed by atoms with E-state index in [-0.39, 0.29) is 49.7 Å². The molecule has 2 aliphatic carbocycles. The molecule has 2 nitrogen and oxygen atoms in total. The fourth-order valence-electron chi connectivity index (χ4n) is 7.15. The second kappa shape index (κ2) is 16.2. The third kappa shape index (κ3) is 8.66. The first-order valence-electron chi connectivity index (χ1n) is 16.9. The minimum atomic E-state index is -3.79. The van der Waals surface area contributed by atoms with Crippen molar-refractivity contribution in [2.75, 3.05) is 13.2 Å². The minimum Gasteiger partial charge on any atom is -0.432 e. The van der Waals surface area contributed by atoms with Gasteiger partial charge in [0.2, 0.25) is 0 Å². The molecule has 0 spiro atoms. The second-order valence-electron chi connectivity index (χ2n) is 13.2. The molecule has 0 radical (unpaired) electrons. The van der Waals surface area contributed by atoms with E-state index in [4.69, 9.17) is 4.74 Å². The van der Waals surface area contributed by atoms with Crippen LogP contribution in [0.25, 0.3) is 5.83 Å². The number of hydrogen-bond acceptors (Lipinski definition) is 2. The van der Waals surface area contributed by atoms with Gasteiger partial charge in [0, 0.05) is 29.9 Å². The summed E-state index contributed by atoms with van der Waals surface area (Å²) in [6.07, 6.45) is -0.197. The van der Waals surface area contributed by atoms with Gasteiger partial charge in [0.25, 0.3) is 0 Å². The molecule has 5 rings (SSSR count). The first-order chi connectivity index (χ1) is 23.8. The van der Waals surface area contributed by atoms with Crippen molar-refractivity contribution >= 4 is 5.83 Å². The number of ether oxygens (including phenoxy) is 2. The highest BCUT2D eigenvalue weighted by Crippen LogP contribution is 2.46. The van der Waals surface area contributed by atoms with E-state index < -0.39 is 82.4 Å². The van der Waals surface area contributed by atoms with E-state index in [2.05, 4.69) is 4.74 Å². The molecule has 0 atom stereocenters. The van der Waals surface area contributed by atoms with Gasteiger partial charge in [-0.1, -0.05) is 25.5 Å². The van der Waals surface area contributed by atoms with E-state index in [0.717, 1.165) is 18.6 Å². The van der Waals surface area contributed by atoms with Crippen LogP contribution in [0, 0.1) is 40.8 Å². The molecule has 2 saturated carbocycles. The van der Waals surface area contributed by atoms with Crippen LogP contribution < -0.4 is 4.74 Å². The van der Waals surface area contributed by atoms with Gasteiger partial charge in [-0.25, -0.2) is 35.1 Å². The summed E-state index contributed by atoms with van der Waals surface area (Å²) in [7, 11) is 0. The van der Waals surface area contributed by atoms with Gasteiger partial charge in [0.05, 0.1) is 5.92 Å². The Morgan fingerprint density at radius 1 is 0.700 bits per heavy atom. The van der Waals surface area contributed by atoms with Crippen LogP contribution in [0.2, 0.25) is 0 Å². The Bertz CT molecular complexity index is 1630. The van der Waals surface area contributed by atoms with Crippen molar-refractivity contribution in [2.24, 2.45) is 5.92 Å². The van der Waals surface area contributed by atoms with Gasteiger partial charge >= 0.3 is 6.11 Å².